The fourth-order valence-corrected chi connectivity index (χ4v) is 3.86. The van der Waals surface area contributed by atoms with Gasteiger partial charge in [-0.05, 0) is 17.9 Å². The highest BCUT2D eigenvalue weighted by molar-refractivity contribution is 7.89. The molecule has 1 heterocycles. The molecule has 3 N–H and O–H groups in total. The summed E-state index contributed by atoms with van der Waals surface area (Å²) in [5.74, 6) is -1.65. The first kappa shape index (κ1) is 20.2. The number of piperidine rings is 1. The van der Waals surface area contributed by atoms with Gasteiger partial charge in [0.2, 0.25) is 10.0 Å². The predicted octanol–water partition coefficient (Wildman–Crippen LogP) is 0.858. The topological polar surface area (TPSA) is 116 Å². The van der Waals surface area contributed by atoms with Crippen LogP contribution in [0.4, 0.5) is 4.79 Å². The van der Waals surface area contributed by atoms with Gasteiger partial charge in [-0.25, -0.2) is 17.9 Å². The second kappa shape index (κ2) is 9.00. The standard InChI is InChI=1S/C17H25N3O5S/c1-13-9-15(16(21)22)12-20(11-13)17(23)18-7-8-26(24,25)19-10-14-5-3-2-4-6-14/h2-6,13,15,19H,7-12H2,1H3,(H,18,23)(H,21,22). The van der Waals surface area contributed by atoms with E-state index in [4.69, 9.17) is 5.11 Å². The average Bonchev–Trinajstić information content (AvgIpc) is 2.60. The molecule has 0 radical (unpaired) electrons. The van der Waals surface area contributed by atoms with Crippen molar-refractivity contribution in [3.8, 4) is 0 Å². The van der Waals surface area contributed by atoms with Crippen LogP contribution in [0.15, 0.2) is 30.3 Å². The minimum Gasteiger partial charge on any atom is -0.481 e. The van der Waals surface area contributed by atoms with Gasteiger partial charge < -0.3 is 15.3 Å². The summed E-state index contributed by atoms with van der Waals surface area (Å²) in [6.45, 7) is 2.67. The molecule has 1 aromatic rings. The zero-order chi connectivity index (χ0) is 19.2. The van der Waals surface area contributed by atoms with Crippen LogP contribution in [0.1, 0.15) is 18.9 Å². The molecule has 1 aliphatic heterocycles. The maximum Gasteiger partial charge on any atom is 0.317 e. The third kappa shape index (κ3) is 6.30. The van der Waals surface area contributed by atoms with Crippen molar-refractivity contribution in [1.82, 2.24) is 14.9 Å². The quantitative estimate of drug-likeness (QED) is 0.646. The smallest absolute Gasteiger partial charge is 0.317 e. The highest BCUT2D eigenvalue weighted by atomic mass is 32.2. The Balaban J connectivity index is 1.77. The second-order valence-electron chi connectivity index (χ2n) is 6.64. The van der Waals surface area contributed by atoms with E-state index in [2.05, 4.69) is 10.0 Å². The van der Waals surface area contributed by atoms with Crippen molar-refractivity contribution >= 4 is 22.0 Å². The minimum absolute atomic E-state index is 0.0361. The van der Waals surface area contributed by atoms with E-state index in [1.54, 1.807) is 0 Å². The Labute approximate surface area is 153 Å². The second-order valence-corrected chi connectivity index (χ2v) is 8.56. The Morgan fingerprint density at radius 1 is 1.23 bits per heavy atom. The number of benzene rings is 1. The van der Waals surface area contributed by atoms with Gasteiger partial charge in [-0.2, -0.15) is 0 Å². The minimum atomic E-state index is -3.52. The number of aliphatic carboxylic acids is 1. The number of nitrogens with zero attached hydrogens (tertiary/aromatic N) is 1. The zero-order valence-corrected chi connectivity index (χ0v) is 15.5. The van der Waals surface area contributed by atoms with E-state index in [0.29, 0.717) is 13.0 Å². The number of hydrogen-bond acceptors (Lipinski definition) is 4. The van der Waals surface area contributed by atoms with Gasteiger partial charge in [-0.3, -0.25) is 4.79 Å². The van der Waals surface area contributed by atoms with E-state index in [-0.39, 0.29) is 31.3 Å². The molecule has 0 aromatic heterocycles. The molecule has 0 bridgehead atoms. The molecule has 2 atom stereocenters. The molecule has 1 saturated heterocycles. The number of hydrogen-bond donors (Lipinski definition) is 3. The molecule has 26 heavy (non-hydrogen) atoms. The SMILES string of the molecule is CC1CC(C(=O)O)CN(C(=O)NCCS(=O)(=O)NCc2ccccc2)C1. The van der Waals surface area contributed by atoms with Gasteiger partial charge >= 0.3 is 12.0 Å². The molecule has 0 spiro atoms. The van der Waals surface area contributed by atoms with Crippen molar-refractivity contribution in [2.75, 3.05) is 25.4 Å². The number of urea groups is 1. The number of likely N-dealkylation sites (tertiary alicyclic amines) is 1. The molecule has 2 rings (SSSR count). The summed E-state index contributed by atoms with van der Waals surface area (Å²) in [6, 6.07) is 8.72. The third-order valence-corrected chi connectivity index (χ3v) is 5.61. The van der Waals surface area contributed by atoms with Crippen LogP contribution in [0.5, 0.6) is 0 Å². The molecule has 1 aliphatic rings. The van der Waals surface area contributed by atoms with E-state index in [1.807, 2.05) is 37.3 Å². The first-order valence-electron chi connectivity index (χ1n) is 8.53. The summed E-state index contributed by atoms with van der Waals surface area (Å²) >= 11 is 0. The highest BCUT2D eigenvalue weighted by Crippen LogP contribution is 2.21. The summed E-state index contributed by atoms with van der Waals surface area (Å²) < 4.78 is 26.5. The number of amides is 2. The number of sulfonamides is 1. The van der Waals surface area contributed by atoms with E-state index in [0.717, 1.165) is 5.56 Å². The molecule has 144 valence electrons. The fraction of sp³-hybridized carbons (Fsp3) is 0.529. The van der Waals surface area contributed by atoms with Gasteiger partial charge in [-0.1, -0.05) is 37.3 Å². The lowest BCUT2D eigenvalue weighted by Gasteiger charge is -2.34. The summed E-state index contributed by atoms with van der Waals surface area (Å²) in [4.78, 5) is 24.8. The number of carboxylic acid groups (broad SMARTS) is 1. The first-order chi connectivity index (χ1) is 12.3. The van der Waals surface area contributed by atoms with Crippen molar-refractivity contribution < 1.29 is 23.1 Å². The van der Waals surface area contributed by atoms with Crippen LogP contribution >= 0.6 is 0 Å². The van der Waals surface area contributed by atoms with Gasteiger partial charge in [0, 0.05) is 26.2 Å². The van der Waals surface area contributed by atoms with Crippen LogP contribution in [-0.2, 0) is 21.4 Å². The lowest BCUT2D eigenvalue weighted by atomic mass is 9.91. The summed E-state index contributed by atoms with van der Waals surface area (Å²) in [5.41, 5.74) is 0.849. The Morgan fingerprint density at radius 2 is 1.92 bits per heavy atom. The number of carboxylic acids is 1. The summed E-state index contributed by atoms with van der Waals surface area (Å²) in [6.07, 6.45) is 0.539. The lowest BCUT2D eigenvalue weighted by molar-refractivity contribution is -0.143. The molecule has 2 amide bonds. The lowest BCUT2D eigenvalue weighted by Crippen LogP contribution is -2.50. The van der Waals surface area contributed by atoms with E-state index in [9.17, 15) is 18.0 Å². The largest absolute Gasteiger partial charge is 0.481 e. The number of carbonyl (C=O) groups is 2. The number of carbonyl (C=O) groups excluding carboxylic acids is 1. The van der Waals surface area contributed by atoms with Gasteiger partial charge in [0.25, 0.3) is 0 Å². The summed E-state index contributed by atoms with van der Waals surface area (Å²) in [7, 11) is -3.52. The van der Waals surface area contributed by atoms with E-state index >= 15 is 0 Å². The van der Waals surface area contributed by atoms with Crippen LogP contribution in [0.25, 0.3) is 0 Å². The van der Waals surface area contributed by atoms with Crippen LogP contribution in [0.3, 0.4) is 0 Å². The third-order valence-electron chi connectivity index (χ3n) is 4.28. The molecule has 1 fully saturated rings. The van der Waals surface area contributed by atoms with Crippen LogP contribution in [0, 0.1) is 11.8 Å². The molecule has 1 aromatic carbocycles. The Bertz CT molecular complexity index is 723. The molecule has 0 aliphatic carbocycles. The maximum atomic E-state index is 12.2. The highest BCUT2D eigenvalue weighted by Gasteiger charge is 2.31. The Kier molecular flexibility index (Phi) is 6.98. The predicted molar refractivity (Wildman–Crippen MR) is 96.9 cm³/mol. The normalized spacial score (nSPS) is 20.6. The van der Waals surface area contributed by atoms with Crippen molar-refractivity contribution in [2.24, 2.45) is 11.8 Å². The van der Waals surface area contributed by atoms with E-state index < -0.39 is 27.9 Å². The first-order valence-corrected chi connectivity index (χ1v) is 10.2. The van der Waals surface area contributed by atoms with Crippen molar-refractivity contribution in [3.63, 3.8) is 0 Å². The molecule has 9 heteroatoms. The van der Waals surface area contributed by atoms with Crippen LogP contribution in [0.2, 0.25) is 0 Å². The van der Waals surface area contributed by atoms with Gasteiger partial charge in [0.15, 0.2) is 0 Å². The fourth-order valence-electron chi connectivity index (χ4n) is 2.96. The van der Waals surface area contributed by atoms with Crippen LogP contribution in [-0.4, -0.2) is 55.8 Å². The van der Waals surface area contributed by atoms with Crippen molar-refractivity contribution in [2.45, 2.75) is 19.9 Å². The zero-order valence-electron chi connectivity index (χ0n) is 14.7. The molecular weight excluding hydrogens is 358 g/mol. The maximum absolute atomic E-state index is 12.2. The van der Waals surface area contributed by atoms with E-state index in [1.165, 1.54) is 4.90 Å². The number of rotatable bonds is 7. The van der Waals surface area contributed by atoms with Crippen molar-refractivity contribution in [1.29, 1.82) is 0 Å². The molecule has 2 unspecified atom stereocenters. The van der Waals surface area contributed by atoms with Gasteiger partial charge in [0.05, 0.1) is 11.7 Å². The molecular formula is C17H25N3O5S. The number of nitrogens with one attached hydrogen (secondary N) is 2. The van der Waals surface area contributed by atoms with Crippen molar-refractivity contribution in [3.05, 3.63) is 35.9 Å². The molecule has 8 nitrogen and oxygen atoms in total. The van der Waals surface area contributed by atoms with Crippen LogP contribution < -0.4 is 10.0 Å². The summed E-state index contributed by atoms with van der Waals surface area (Å²) in [5, 5.41) is 11.7. The van der Waals surface area contributed by atoms with Gasteiger partial charge in [0.1, 0.15) is 0 Å². The average molecular weight is 383 g/mol. The molecule has 0 saturated carbocycles. The Morgan fingerprint density at radius 3 is 2.58 bits per heavy atom. The van der Waals surface area contributed by atoms with Gasteiger partial charge in [-0.15, -0.1) is 0 Å². The Hall–Kier alpha value is -2.13. The monoisotopic (exact) mass is 383 g/mol.